The van der Waals surface area contributed by atoms with Crippen molar-refractivity contribution in [3.05, 3.63) is 90.0 Å². The molecule has 0 aliphatic heterocycles. The van der Waals surface area contributed by atoms with Crippen molar-refractivity contribution in [3.8, 4) is 0 Å². The molecular weight excluding hydrogens is 314 g/mol. The summed E-state index contributed by atoms with van der Waals surface area (Å²) in [7, 11) is 0. The molecule has 1 N–H and O–H groups in total. The molecule has 1 heteroatoms. The van der Waals surface area contributed by atoms with Gasteiger partial charge in [-0.2, -0.15) is 0 Å². The Balaban J connectivity index is 2.04. The lowest BCUT2D eigenvalue weighted by Crippen LogP contribution is -1.84. The summed E-state index contributed by atoms with van der Waals surface area (Å²) in [5, 5.41) is 5.10. The predicted octanol–water partition coefficient (Wildman–Crippen LogP) is 7.24. The van der Waals surface area contributed by atoms with Gasteiger partial charge in [0.25, 0.3) is 0 Å². The second-order valence-corrected chi connectivity index (χ2v) is 6.94. The number of hydrogen-bond acceptors (Lipinski definition) is 0. The maximum atomic E-state index is 3.99. The molecule has 0 fully saturated rings. The third kappa shape index (κ3) is 2.66. The van der Waals surface area contributed by atoms with Gasteiger partial charge in [-0.15, -0.1) is 0 Å². The van der Waals surface area contributed by atoms with E-state index in [2.05, 4.69) is 80.0 Å². The van der Waals surface area contributed by atoms with E-state index in [1.54, 1.807) is 0 Å². The van der Waals surface area contributed by atoms with Crippen LogP contribution in [0.25, 0.3) is 38.2 Å². The number of allylic oxidation sites excluding steroid dienone is 5. The molecule has 0 radical (unpaired) electrons. The van der Waals surface area contributed by atoms with Crippen molar-refractivity contribution in [2.75, 3.05) is 0 Å². The molecule has 0 aliphatic rings. The zero-order valence-corrected chi connectivity index (χ0v) is 15.6. The molecule has 1 nitrogen and oxygen atoms in total. The van der Waals surface area contributed by atoms with Crippen LogP contribution in [0.1, 0.15) is 23.6 Å². The maximum absolute atomic E-state index is 3.99. The number of aromatic amines is 1. The van der Waals surface area contributed by atoms with Gasteiger partial charge < -0.3 is 4.98 Å². The molecule has 0 bridgehead atoms. The van der Waals surface area contributed by atoms with Crippen molar-refractivity contribution in [2.24, 2.45) is 0 Å². The zero-order chi connectivity index (χ0) is 18.3. The first kappa shape index (κ1) is 16.4. The van der Waals surface area contributed by atoms with Gasteiger partial charge in [0.05, 0.1) is 0 Å². The summed E-state index contributed by atoms with van der Waals surface area (Å²) in [6.45, 7) is 10.3. The van der Waals surface area contributed by atoms with Crippen LogP contribution in [-0.2, 0) is 0 Å². The smallest absolute Gasteiger partial charge is 0.0495 e. The molecule has 26 heavy (non-hydrogen) atoms. The van der Waals surface area contributed by atoms with Crippen molar-refractivity contribution in [3.63, 3.8) is 0 Å². The van der Waals surface area contributed by atoms with Crippen LogP contribution in [0.15, 0.2) is 73.3 Å². The molecule has 0 unspecified atom stereocenters. The quantitative estimate of drug-likeness (QED) is 0.379. The van der Waals surface area contributed by atoms with Gasteiger partial charge in [0, 0.05) is 21.8 Å². The Bertz CT molecular complexity index is 1220. The Labute approximate surface area is 154 Å². The third-order valence-electron chi connectivity index (χ3n) is 5.04. The van der Waals surface area contributed by atoms with E-state index >= 15 is 0 Å². The summed E-state index contributed by atoms with van der Waals surface area (Å²) in [6, 6.07) is 15.7. The summed E-state index contributed by atoms with van der Waals surface area (Å²) in [6.07, 6.45) is 8.13. The van der Waals surface area contributed by atoms with E-state index in [0.29, 0.717) is 0 Å². The molecular formula is C25H23N. The monoisotopic (exact) mass is 337 g/mol. The molecule has 0 amide bonds. The van der Waals surface area contributed by atoms with Gasteiger partial charge >= 0.3 is 0 Å². The predicted molar refractivity (Wildman–Crippen MR) is 116 cm³/mol. The minimum atomic E-state index is 1.14. The van der Waals surface area contributed by atoms with Gasteiger partial charge in [-0.05, 0) is 72.5 Å². The van der Waals surface area contributed by atoms with E-state index in [9.17, 15) is 0 Å². The van der Waals surface area contributed by atoms with Crippen molar-refractivity contribution in [1.82, 2.24) is 4.98 Å². The highest BCUT2D eigenvalue weighted by Gasteiger charge is 2.10. The lowest BCUT2D eigenvalue weighted by atomic mass is 9.98. The Hall–Kier alpha value is -3.06. The molecule has 0 spiro atoms. The summed E-state index contributed by atoms with van der Waals surface area (Å²) in [5.41, 5.74) is 7.28. The highest BCUT2D eigenvalue weighted by molar-refractivity contribution is 6.13. The molecule has 3 aromatic carbocycles. The van der Waals surface area contributed by atoms with Crippen LogP contribution in [0.2, 0.25) is 0 Å². The topological polar surface area (TPSA) is 15.8 Å². The average Bonchev–Trinajstić information content (AvgIpc) is 2.99. The maximum Gasteiger partial charge on any atom is 0.0495 e. The number of H-pyrrole nitrogens is 1. The molecule has 0 saturated heterocycles. The van der Waals surface area contributed by atoms with Crippen molar-refractivity contribution in [1.29, 1.82) is 0 Å². The van der Waals surface area contributed by atoms with Gasteiger partial charge in [-0.1, -0.05) is 54.6 Å². The van der Waals surface area contributed by atoms with Crippen LogP contribution in [0.5, 0.6) is 0 Å². The molecule has 4 aromatic rings. The number of nitrogens with one attached hydrogen (secondary N) is 1. The number of fused-ring (bicyclic) bond motifs is 4. The van der Waals surface area contributed by atoms with Gasteiger partial charge in [-0.3, -0.25) is 0 Å². The van der Waals surface area contributed by atoms with Crippen molar-refractivity contribution >= 4 is 38.2 Å². The van der Waals surface area contributed by atoms with Crippen LogP contribution in [0.4, 0.5) is 0 Å². The number of hydrogen-bond donors (Lipinski definition) is 1. The Morgan fingerprint density at radius 1 is 0.962 bits per heavy atom. The highest BCUT2D eigenvalue weighted by Crippen LogP contribution is 2.33. The Morgan fingerprint density at radius 3 is 2.58 bits per heavy atom. The summed E-state index contributed by atoms with van der Waals surface area (Å²) >= 11 is 0. The molecule has 4 rings (SSSR count). The first-order valence-electron chi connectivity index (χ1n) is 9.03. The van der Waals surface area contributed by atoms with Gasteiger partial charge in [0.15, 0.2) is 0 Å². The fourth-order valence-corrected chi connectivity index (χ4v) is 3.69. The lowest BCUT2D eigenvalue weighted by molar-refractivity contribution is 1.44. The largest absolute Gasteiger partial charge is 0.354 e. The van der Waals surface area contributed by atoms with Gasteiger partial charge in [0.1, 0.15) is 0 Å². The van der Waals surface area contributed by atoms with Crippen molar-refractivity contribution < 1.29 is 0 Å². The average molecular weight is 337 g/mol. The summed E-state index contributed by atoms with van der Waals surface area (Å²) in [5.74, 6) is 0. The molecule has 1 heterocycles. The van der Waals surface area contributed by atoms with E-state index in [1.165, 1.54) is 49.3 Å². The SMILES string of the molecule is C=C/C(=C\C=C/C)c1cc(C)c2[nH]c3cc4cc(C)ccc4cc3c2c1. The van der Waals surface area contributed by atoms with E-state index < -0.39 is 0 Å². The third-order valence-corrected chi connectivity index (χ3v) is 5.04. The van der Waals surface area contributed by atoms with Crippen molar-refractivity contribution in [2.45, 2.75) is 20.8 Å². The fourth-order valence-electron chi connectivity index (χ4n) is 3.69. The second-order valence-electron chi connectivity index (χ2n) is 6.94. The van der Waals surface area contributed by atoms with Gasteiger partial charge in [-0.25, -0.2) is 0 Å². The van der Waals surface area contributed by atoms with Crippen LogP contribution in [0, 0.1) is 13.8 Å². The van der Waals surface area contributed by atoms with E-state index in [4.69, 9.17) is 0 Å². The normalized spacial score (nSPS) is 12.7. The fraction of sp³-hybridized carbons (Fsp3) is 0.120. The number of rotatable bonds is 3. The number of benzene rings is 3. The second kappa shape index (κ2) is 6.34. The van der Waals surface area contributed by atoms with E-state index in [1.807, 2.05) is 19.1 Å². The standard InChI is InChI=1S/C25H23N/c1-5-7-8-18(6-2)21-12-17(4)25-23(14-21)22-13-19-10-9-16(3)11-20(19)15-24(22)26-25/h5-15,26H,2H2,1,3-4H3/b7-5-,18-8+. The van der Waals surface area contributed by atoms with Crippen LogP contribution < -0.4 is 0 Å². The minimum absolute atomic E-state index is 1.14. The van der Waals surface area contributed by atoms with Crippen LogP contribution in [0.3, 0.4) is 0 Å². The van der Waals surface area contributed by atoms with E-state index in [0.717, 1.165) is 5.57 Å². The highest BCUT2D eigenvalue weighted by atomic mass is 14.7. The van der Waals surface area contributed by atoms with Crippen LogP contribution in [-0.4, -0.2) is 4.98 Å². The molecule has 0 aliphatic carbocycles. The number of aromatic nitrogens is 1. The summed E-state index contributed by atoms with van der Waals surface area (Å²) in [4.78, 5) is 3.63. The first-order valence-corrected chi connectivity index (χ1v) is 9.03. The molecule has 1 aromatic heterocycles. The Kier molecular flexibility index (Phi) is 4.00. The summed E-state index contributed by atoms with van der Waals surface area (Å²) < 4.78 is 0. The van der Waals surface area contributed by atoms with Crippen LogP contribution >= 0.6 is 0 Å². The van der Waals surface area contributed by atoms with Gasteiger partial charge in [0.2, 0.25) is 0 Å². The molecule has 0 atom stereocenters. The minimum Gasteiger partial charge on any atom is -0.354 e. The zero-order valence-electron chi connectivity index (χ0n) is 15.6. The molecule has 0 saturated carbocycles. The first-order chi connectivity index (χ1) is 12.6. The number of aryl methyl sites for hydroxylation is 2. The molecule has 128 valence electrons. The van der Waals surface area contributed by atoms with E-state index in [-0.39, 0.29) is 0 Å². The Morgan fingerprint density at radius 2 is 1.81 bits per heavy atom. The lowest BCUT2D eigenvalue weighted by Gasteiger charge is -2.06.